The van der Waals surface area contributed by atoms with E-state index in [1.807, 2.05) is 24.4 Å². The molecule has 3 rings (SSSR count). The molecule has 0 unspecified atom stereocenters. The van der Waals surface area contributed by atoms with Crippen molar-refractivity contribution in [1.29, 1.82) is 0 Å². The third-order valence-corrected chi connectivity index (χ3v) is 4.73. The predicted octanol–water partition coefficient (Wildman–Crippen LogP) is 2.16. The number of rotatable bonds is 6. The summed E-state index contributed by atoms with van der Waals surface area (Å²) in [6, 6.07) is 5.92. The number of aromatic nitrogens is 1. The molecule has 7 heteroatoms. The van der Waals surface area contributed by atoms with Crippen LogP contribution in [0.3, 0.4) is 0 Å². The van der Waals surface area contributed by atoms with Crippen LogP contribution in [0.1, 0.15) is 5.01 Å². The minimum absolute atomic E-state index is 0.728. The van der Waals surface area contributed by atoms with E-state index in [0.717, 1.165) is 59.8 Å². The number of hydrazine groups is 1. The third kappa shape index (κ3) is 4.00. The zero-order valence-electron chi connectivity index (χ0n) is 13.4. The molecule has 124 valence electrons. The summed E-state index contributed by atoms with van der Waals surface area (Å²) in [6.07, 6.45) is 1.91. The van der Waals surface area contributed by atoms with Crippen LogP contribution in [0, 0.1) is 0 Å². The summed E-state index contributed by atoms with van der Waals surface area (Å²) >= 11 is 1.68. The molecule has 1 aromatic heterocycles. The van der Waals surface area contributed by atoms with Crippen molar-refractivity contribution in [3.8, 4) is 21.9 Å². The molecule has 0 atom stereocenters. The van der Waals surface area contributed by atoms with Gasteiger partial charge in [-0.2, -0.15) is 0 Å². The van der Waals surface area contributed by atoms with E-state index in [0.29, 0.717) is 0 Å². The summed E-state index contributed by atoms with van der Waals surface area (Å²) in [5, 5.41) is 3.24. The number of ether oxygens (including phenoxy) is 3. The van der Waals surface area contributed by atoms with E-state index in [1.54, 1.807) is 25.6 Å². The van der Waals surface area contributed by atoms with Crippen LogP contribution in [0.4, 0.5) is 0 Å². The fraction of sp³-hybridized carbons (Fsp3) is 0.438. The number of methoxy groups -OCH3 is 2. The number of morpholine rings is 1. The first-order chi connectivity index (χ1) is 11.3. The maximum Gasteiger partial charge on any atom is 0.161 e. The Balaban J connectivity index is 1.66. The third-order valence-electron chi connectivity index (χ3n) is 3.69. The van der Waals surface area contributed by atoms with Crippen molar-refractivity contribution < 1.29 is 14.2 Å². The molecule has 0 spiro atoms. The average Bonchev–Trinajstić information content (AvgIpc) is 3.09. The Morgan fingerprint density at radius 2 is 2.00 bits per heavy atom. The smallest absolute Gasteiger partial charge is 0.161 e. The SMILES string of the molecule is COc1ccc(-c2cnc(CNN3CCOCC3)s2)cc1OC. The summed E-state index contributed by atoms with van der Waals surface area (Å²) < 4.78 is 16.0. The van der Waals surface area contributed by atoms with Gasteiger partial charge in [0, 0.05) is 19.3 Å². The second-order valence-corrected chi connectivity index (χ2v) is 6.24. The summed E-state index contributed by atoms with van der Waals surface area (Å²) in [7, 11) is 3.28. The molecule has 1 saturated heterocycles. The molecule has 1 aliphatic rings. The van der Waals surface area contributed by atoms with Crippen LogP contribution in [0.25, 0.3) is 10.4 Å². The number of hydrogen-bond donors (Lipinski definition) is 1. The Morgan fingerprint density at radius 3 is 2.74 bits per heavy atom. The lowest BCUT2D eigenvalue weighted by Gasteiger charge is -2.26. The van der Waals surface area contributed by atoms with Crippen LogP contribution < -0.4 is 14.9 Å². The highest BCUT2D eigenvalue weighted by molar-refractivity contribution is 7.15. The monoisotopic (exact) mass is 335 g/mol. The van der Waals surface area contributed by atoms with Crippen molar-refractivity contribution in [2.45, 2.75) is 6.54 Å². The molecule has 1 aromatic carbocycles. The van der Waals surface area contributed by atoms with Crippen molar-refractivity contribution in [3.63, 3.8) is 0 Å². The largest absolute Gasteiger partial charge is 0.493 e. The number of nitrogens with one attached hydrogen (secondary N) is 1. The molecule has 23 heavy (non-hydrogen) atoms. The first-order valence-electron chi connectivity index (χ1n) is 7.53. The molecule has 6 nitrogen and oxygen atoms in total. The van der Waals surface area contributed by atoms with Gasteiger partial charge < -0.3 is 14.2 Å². The minimum atomic E-state index is 0.728. The molecule has 0 amide bonds. The van der Waals surface area contributed by atoms with Crippen LogP contribution in [-0.4, -0.2) is 50.5 Å². The fourth-order valence-electron chi connectivity index (χ4n) is 2.42. The zero-order chi connectivity index (χ0) is 16.1. The second-order valence-electron chi connectivity index (χ2n) is 5.12. The van der Waals surface area contributed by atoms with E-state index in [4.69, 9.17) is 14.2 Å². The van der Waals surface area contributed by atoms with Crippen LogP contribution >= 0.6 is 11.3 Å². The normalized spacial score (nSPS) is 15.6. The number of thiazole rings is 1. The van der Waals surface area contributed by atoms with Crippen molar-refractivity contribution >= 4 is 11.3 Å². The predicted molar refractivity (Wildman–Crippen MR) is 89.9 cm³/mol. The summed E-state index contributed by atoms with van der Waals surface area (Å²) in [5.74, 6) is 1.46. The first kappa shape index (κ1) is 16.2. The van der Waals surface area contributed by atoms with E-state index in [1.165, 1.54) is 0 Å². The van der Waals surface area contributed by atoms with Crippen molar-refractivity contribution in [3.05, 3.63) is 29.4 Å². The maximum atomic E-state index is 5.36. The van der Waals surface area contributed by atoms with E-state index < -0.39 is 0 Å². The van der Waals surface area contributed by atoms with Gasteiger partial charge in [-0.15, -0.1) is 11.3 Å². The first-order valence-corrected chi connectivity index (χ1v) is 8.35. The van der Waals surface area contributed by atoms with Gasteiger partial charge >= 0.3 is 0 Å². The highest BCUT2D eigenvalue weighted by Gasteiger charge is 2.12. The van der Waals surface area contributed by atoms with Crippen molar-refractivity contribution in [2.24, 2.45) is 0 Å². The molecule has 2 aromatic rings. The number of nitrogens with zero attached hydrogens (tertiary/aromatic N) is 2. The molecule has 0 bridgehead atoms. The maximum absolute atomic E-state index is 5.36. The Morgan fingerprint density at radius 1 is 1.22 bits per heavy atom. The van der Waals surface area contributed by atoms with E-state index in [9.17, 15) is 0 Å². The lowest BCUT2D eigenvalue weighted by atomic mass is 10.2. The molecule has 1 fully saturated rings. The Hall–Kier alpha value is -1.67. The van der Waals surface area contributed by atoms with Crippen LogP contribution in [0.15, 0.2) is 24.4 Å². The van der Waals surface area contributed by atoms with Gasteiger partial charge in [-0.3, -0.25) is 0 Å². The lowest BCUT2D eigenvalue weighted by molar-refractivity contribution is 0.0105. The molecule has 0 aliphatic carbocycles. The Bertz CT molecular complexity index is 641. The lowest BCUT2D eigenvalue weighted by Crippen LogP contribution is -2.45. The molecular formula is C16H21N3O3S. The van der Waals surface area contributed by atoms with E-state index >= 15 is 0 Å². The molecule has 1 N–H and O–H groups in total. The van der Waals surface area contributed by atoms with Crippen LogP contribution in [-0.2, 0) is 11.3 Å². The standard InChI is InChI=1S/C16H21N3O3S/c1-20-13-4-3-12(9-14(13)21-2)15-10-17-16(23-15)11-18-19-5-7-22-8-6-19/h3-4,9-10,18H,5-8,11H2,1-2H3. The second kappa shape index (κ2) is 7.74. The van der Waals surface area contributed by atoms with Gasteiger partial charge in [0.1, 0.15) is 5.01 Å². The molecular weight excluding hydrogens is 314 g/mol. The van der Waals surface area contributed by atoms with E-state index in [-0.39, 0.29) is 0 Å². The van der Waals surface area contributed by atoms with Crippen LogP contribution in [0.2, 0.25) is 0 Å². The molecule has 0 saturated carbocycles. The average molecular weight is 335 g/mol. The fourth-order valence-corrected chi connectivity index (χ4v) is 3.26. The Labute approximate surface area is 140 Å². The minimum Gasteiger partial charge on any atom is -0.493 e. The van der Waals surface area contributed by atoms with Gasteiger partial charge in [-0.05, 0) is 23.8 Å². The van der Waals surface area contributed by atoms with Crippen molar-refractivity contribution in [2.75, 3.05) is 40.5 Å². The van der Waals surface area contributed by atoms with Gasteiger partial charge in [0.2, 0.25) is 0 Å². The Kier molecular flexibility index (Phi) is 5.45. The van der Waals surface area contributed by atoms with Gasteiger partial charge in [0.25, 0.3) is 0 Å². The molecule has 2 heterocycles. The highest BCUT2D eigenvalue weighted by atomic mass is 32.1. The van der Waals surface area contributed by atoms with Gasteiger partial charge in [-0.25, -0.2) is 15.4 Å². The van der Waals surface area contributed by atoms with Gasteiger partial charge in [-0.1, -0.05) is 0 Å². The van der Waals surface area contributed by atoms with Crippen LogP contribution in [0.5, 0.6) is 11.5 Å². The van der Waals surface area contributed by atoms with Gasteiger partial charge in [0.05, 0.1) is 38.9 Å². The topological polar surface area (TPSA) is 55.9 Å². The zero-order valence-corrected chi connectivity index (χ0v) is 14.2. The summed E-state index contributed by atoms with van der Waals surface area (Å²) in [4.78, 5) is 5.62. The van der Waals surface area contributed by atoms with Crippen molar-refractivity contribution in [1.82, 2.24) is 15.4 Å². The molecule has 0 radical (unpaired) electrons. The number of hydrogen-bond acceptors (Lipinski definition) is 7. The highest BCUT2D eigenvalue weighted by Crippen LogP contribution is 2.34. The summed E-state index contributed by atoms with van der Waals surface area (Å²) in [5.41, 5.74) is 4.48. The quantitative estimate of drug-likeness (QED) is 0.873. The number of benzene rings is 1. The molecule has 1 aliphatic heterocycles. The van der Waals surface area contributed by atoms with Gasteiger partial charge in [0.15, 0.2) is 11.5 Å². The summed E-state index contributed by atoms with van der Waals surface area (Å²) in [6.45, 7) is 4.11. The van der Waals surface area contributed by atoms with E-state index in [2.05, 4.69) is 15.4 Å².